The molecule has 0 rings (SSSR count). The van der Waals surface area contributed by atoms with Crippen LogP contribution in [-0.2, 0) is 22.1 Å². The summed E-state index contributed by atoms with van der Waals surface area (Å²) in [7, 11) is -7.14. The minimum atomic E-state index is -7.14. The average Bonchev–Trinajstić information content (AvgIpc) is 2.24. The largest absolute Gasteiger partial charge is 1.00 e. The van der Waals surface area contributed by atoms with Gasteiger partial charge in [-0.1, -0.05) is 0 Å². The van der Waals surface area contributed by atoms with Gasteiger partial charge in [-0.2, -0.15) is 0 Å². The Bertz CT molecular complexity index is 416. The van der Waals surface area contributed by atoms with E-state index in [1.165, 1.54) is 0 Å². The number of rotatable bonds is 5. The van der Waals surface area contributed by atoms with E-state index < -0.39 is 43.9 Å². The van der Waals surface area contributed by atoms with Crippen LogP contribution < -0.4 is 103 Å². The van der Waals surface area contributed by atoms with Crippen molar-refractivity contribution in [2.75, 3.05) is 0 Å². The number of carboxylic acid groups (broad SMARTS) is 1. The third kappa shape index (κ3) is 11.3. The number of carbonyl (C=O) groups excluding carboxylic acids is 1. The van der Waals surface area contributed by atoms with Gasteiger partial charge in [0.15, 0.2) is 0 Å². The molecule has 0 atom stereocenters. The molecule has 0 aromatic rings. The van der Waals surface area contributed by atoms with E-state index in [4.69, 9.17) is 15.6 Å². The zero-order valence-corrected chi connectivity index (χ0v) is 18.2. The first-order valence-electron chi connectivity index (χ1n) is 3.16. The predicted molar refractivity (Wildman–Crippen MR) is 53.7 cm³/mol. The fourth-order valence-corrected chi connectivity index (χ4v) is 2.47. The van der Waals surface area contributed by atoms with Crippen molar-refractivity contribution < 1.29 is 141 Å². The molecule has 0 amide bonds. The normalized spacial score (nSPS) is 11.3. The number of hydrogen-bond acceptors (Lipinski definition) is 9. The first kappa shape index (κ1) is 26.0. The number of thiocyanates is 2. The number of carboxylic acids is 1. The van der Waals surface area contributed by atoms with E-state index in [-0.39, 0.29) is 106 Å². The molecule has 0 radical (unpaired) electrons. The molecule has 0 aromatic carbocycles. The maximum atomic E-state index is 13.4. The van der Waals surface area contributed by atoms with E-state index in [9.17, 15) is 18.0 Å². The second-order valence-corrected chi connectivity index (χ2v) is 5.36. The van der Waals surface area contributed by atoms with E-state index in [1.807, 2.05) is 0 Å². The molecule has 0 unspecified atom stereocenters. The SMILES string of the molecule is N#CSOP(F)(F)(OSC#N)OC(=O)C(=O)O.[H-].[H-].[K+].[K+]. The van der Waals surface area contributed by atoms with Crippen molar-refractivity contribution in [1.29, 1.82) is 10.5 Å². The smallest absolute Gasteiger partial charge is 1.00 e. The Morgan fingerprint density at radius 2 is 1.53 bits per heavy atom. The van der Waals surface area contributed by atoms with Gasteiger partial charge in [0.2, 0.25) is 0 Å². The summed E-state index contributed by atoms with van der Waals surface area (Å²) in [4.78, 5) is 20.5. The van der Waals surface area contributed by atoms with Gasteiger partial charge in [-0.05, 0) is 0 Å². The van der Waals surface area contributed by atoms with Crippen molar-refractivity contribution >= 4 is 43.9 Å². The summed E-state index contributed by atoms with van der Waals surface area (Å²) in [6.07, 6.45) is 0. The zero-order valence-electron chi connectivity index (χ0n) is 11.4. The van der Waals surface area contributed by atoms with Crippen LogP contribution in [0, 0.1) is 21.3 Å². The summed E-state index contributed by atoms with van der Waals surface area (Å²) in [5.74, 6) is -4.66. The average molecular weight is 386 g/mol. The van der Waals surface area contributed by atoms with E-state index in [0.29, 0.717) is 0 Å². The second kappa shape index (κ2) is 11.6. The van der Waals surface area contributed by atoms with E-state index in [2.05, 4.69) is 12.5 Å². The number of hydrogen-bond donors (Lipinski definition) is 1. The third-order valence-corrected chi connectivity index (χ3v) is 3.86. The maximum absolute atomic E-state index is 13.4. The predicted octanol–water partition coefficient (Wildman–Crippen LogP) is -3.79. The molecule has 0 aliphatic carbocycles. The Morgan fingerprint density at radius 3 is 1.79 bits per heavy atom. The summed E-state index contributed by atoms with van der Waals surface area (Å²) < 4.78 is 37.2. The fraction of sp³-hybridized carbons (Fsp3) is 0. The summed E-state index contributed by atoms with van der Waals surface area (Å²) in [6.45, 7) is 0. The molecule has 0 saturated heterocycles. The monoisotopic (exact) mass is 386 g/mol. The Kier molecular flexibility index (Phi) is 15.9. The van der Waals surface area contributed by atoms with Gasteiger partial charge < -0.3 is 2.85 Å². The van der Waals surface area contributed by atoms with Crippen molar-refractivity contribution in [3.63, 3.8) is 0 Å². The Balaban J connectivity index is -0.000000213. The maximum Gasteiger partial charge on any atom is 1.00 e. The van der Waals surface area contributed by atoms with Crippen LogP contribution in [0.5, 0.6) is 0 Å². The molecule has 0 fully saturated rings. The van der Waals surface area contributed by atoms with Crippen LogP contribution in [0.4, 0.5) is 8.39 Å². The molecule has 0 aromatic heterocycles. The molecule has 15 heteroatoms. The van der Waals surface area contributed by atoms with Gasteiger partial charge >= 0.3 is 204 Å². The summed E-state index contributed by atoms with van der Waals surface area (Å²) in [5.41, 5.74) is 0. The molecule has 0 heterocycles. The van der Waals surface area contributed by atoms with Crippen molar-refractivity contribution in [2.45, 2.75) is 0 Å². The van der Waals surface area contributed by atoms with Gasteiger partial charge in [0.25, 0.3) is 0 Å². The first-order valence-corrected chi connectivity index (χ1v) is 6.42. The first-order chi connectivity index (χ1) is 7.73. The van der Waals surface area contributed by atoms with Gasteiger partial charge in [0.1, 0.15) is 0 Å². The second-order valence-electron chi connectivity index (χ2n) is 1.88. The summed E-state index contributed by atoms with van der Waals surface area (Å²) in [5, 5.41) is 26.2. The molecule has 1 N–H and O–H groups in total. The molecule has 0 aliphatic heterocycles. The number of halogens is 2. The van der Waals surface area contributed by atoms with Crippen molar-refractivity contribution in [2.24, 2.45) is 0 Å². The molecular weight excluding hydrogens is 383 g/mol. The Labute approximate surface area is 202 Å². The quantitative estimate of drug-likeness (QED) is 0.165. The molecule has 19 heavy (non-hydrogen) atoms. The van der Waals surface area contributed by atoms with Gasteiger partial charge in [-0.15, -0.1) is 0 Å². The summed E-state index contributed by atoms with van der Waals surface area (Å²) >= 11 is -0.973. The fourth-order valence-electron chi connectivity index (χ4n) is 0.363. The Hall–Kier alpha value is 2.10. The number of carbonyl (C=O) groups is 2. The van der Waals surface area contributed by atoms with Gasteiger partial charge in [0.05, 0.1) is 0 Å². The van der Waals surface area contributed by atoms with Gasteiger partial charge in [-0.25, -0.2) is 0 Å². The zero-order chi connectivity index (χ0) is 13.6. The van der Waals surface area contributed by atoms with E-state index in [0.717, 1.165) is 10.8 Å². The Morgan fingerprint density at radius 1 is 1.16 bits per heavy atom. The topological polar surface area (TPSA) is 130 Å². The minimum absolute atomic E-state index is 0. The van der Waals surface area contributed by atoms with Crippen molar-refractivity contribution in [3.05, 3.63) is 0 Å². The molecule has 98 valence electrons. The van der Waals surface area contributed by atoms with Crippen LogP contribution in [0.25, 0.3) is 0 Å². The number of nitriles is 2. The van der Waals surface area contributed by atoms with E-state index in [1.54, 1.807) is 0 Å². The molecule has 8 nitrogen and oxygen atoms in total. The van der Waals surface area contributed by atoms with E-state index >= 15 is 0 Å². The number of nitrogens with zero attached hydrogens (tertiary/aromatic N) is 2. The van der Waals surface area contributed by atoms with Crippen molar-refractivity contribution in [3.8, 4) is 10.8 Å². The van der Waals surface area contributed by atoms with Crippen LogP contribution in [0.3, 0.4) is 0 Å². The molecular formula is C4H3F2K2N2O6PS2. The molecule has 0 spiro atoms. The molecule has 0 bridgehead atoms. The van der Waals surface area contributed by atoms with Gasteiger partial charge in [0, 0.05) is 0 Å². The van der Waals surface area contributed by atoms with Crippen LogP contribution in [0.15, 0.2) is 0 Å². The van der Waals surface area contributed by atoms with Crippen molar-refractivity contribution in [1.82, 2.24) is 0 Å². The van der Waals surface area contributed by atoms with Crippen LogP contribution >= 0.6 is 32.0 Å². The van der Waals surface area contributed by atoms with Crippen LogP contribution in [0.2, 0.25) is 0 Å². The van der Waals surface area contributed by atoms with Crippen LogP contribution in [0.1, 0.15) is 2.85 Å². The summed E-state index contributed by atoms with van der Waals surface area (Å²) in [6, 6.07) is 0. The minimum Gasteiger partial charge on any atom is -1.00 e. The third-order valence-electron chi connectivity index (χ3n) is 0.785. The van der Waals surface area contributed by atoms with Crippen LogP contribution in [-0.4, -0.2) is 17.0 Å². The van der Waals surface area contributed by atoms with Gasteiger partial charge in [-0.3, -0.25) is 0 Å². The molecule has 0 aliphatic rings. The molecule has 0 saturated carbocycles. The number of aliphatic carboxylic acids is 1. The standard InChI is InChI=1S/C4HF2N2O6PS2.2K.2H/c5-15(6,13-16-1-7,14-17-2-8)12-4(11)3(9)10;;;;/h(H,9,10);;;;/q;2*+1;2*-1.